The number of rotatable bonds is 8. The van der Waals surface area contributed by atoms with Gasteiger partial charge in [0.05, 0.1) is 0 Å². The van der Waals surface area contributed by atoms with Crippen LogP contribution in [0.1, 0.15) is 5.56 Å². The molecule has 116 valence electrons. The fourth-order valence-electron chi connectivity index (χ4n) is 2.17. The lowest BCUT2D eigenvalue weighted by Gasteiger charge is -2.19. The summed E-state index contributed by atoms with van der Waals surface area (Å²) < 4.78 is 0. The molecule has 0 saturated carbocycles. The number of nitrogens with one attached hydrogen (secondary N) is 3. The van der Waals surface area contributed by atoms with Crippen LogP contribution in [0.25, 0.3) is 0 Å². The lowest BCUT2D eigenvalue weighted by atomic mass is 10.1. The summed E-state index contributed by atoms with van der Waals surface area (Å²) in [7, 11) is 0. The van der Waals surface area contributed by atoms with Gasteiger partial charge in [0, 0.05) is 12.2 Å². The van der Waals surface area contributed by atoms with E-state index in [-0.39, 0.29) is 5.91 Å². The maximum atomic E-state index is 11.8. The van der Waals surface area contributed by atoms with E-state index in [2.05, 4.69) is 28.2 Å². The van der Waals surface area contributed by atoms with Gasteiger partial charge in [0.25, 0.3) is 5.91 Å². The van der Waals surface area contributed by atoms with Crippen molar-refractivity contribution in [2.24, 2.45) is 5.84 Å². The molecule has 0 aliphatic rings. The van der Waals surface area contributed by atoms with E-state index < -0.39 is 6.04 Å². The fourth-order valence-corrected chi connectivity index (χ4v) is 2.17. The Morgan fingerprint density at radius 2 is 1.64 bits per heavy atom. The zero-order chi connectivity index (χ0) is 15.6. The van der Waals surface area contributed by atoms with Gasteiger partial charge in [0.1, 0.15) is 6.04 Å². The van der Waals surface area contributed by atoms with Gasteiger partial charge < -0.3 is 10.6 Å². The largest absolute Gasteiger partial charge is 0.373 e. The summed E-state index contributed by atoms with van der Waals surface area (Å²) in [6, 6.07) is 19.4. The summed E-state index contributed by atoms with van der Waals surface area (Å²) >= 11 is 0. The Kier molecular flexibility index (Phi) is 6.41. The maximum Gasteiger partial charge on any atom is 0.257 e. The number of hydrogen-bond acceptors (Lipinski definition) is 4. The van der Waals surface area contributed by atoms with E-state index in [4.69, 9.17) is 5.84 Å². The number of amides is 1. The minimum Gasteiger partial charge on any atom is -0.373 e. The monoisotopic (exact) mass is 298 g/mol. The molecule has 1 unspecified atom stereocenters. The van der Waals surface area contributed by atoms with Gasteiger partial charge in [-0.3, -0.25) is 10.2 Å². The zero-order valence-electron chi connectivity index (χ0n) is 12.5. The molecule has 5 nitrogen and oxygen atoms in total. The molecule has 2 rings (SSSR count). The first kappa shape index (κ1) is 16.0. The van der Waals surface area contributed by atoms with Crippen LogP contribution in [-0.2, 0) is 11.2 Å². The molecular weight excluding hydrogens is 276 g/mol. The summed E-state index contributed by atoms with van der Waals surface area (Å²) in [4.78, 5) is 11.8. The SMILES string of the molecule is NNC(=O)C(CNCCc1ccccc1)Nc1ccccc1. The van der Waals surface area contributed by atoms with Crippen molar-refractivity contribution in [2.75, 3.05) is 18.4 Å². The van der Waals surface area contributed by atoms with Crippen LogP contribution in [0.5, 0.6) is 0 Å². The Labute approximate surface area is 130 Å². The van der Waals surface area contributed by atoms with Crippen molar-refractivity contribution in [1.29, 1.82) is 0 Å². The van der Waals surface area contributed by atoms with Crippen LogP contribution in [0.3, 0.4) is 0 Å². The average molecular weight is 298 g/mol. The molecule has 0 aliphatic carbocycles. The third kappa shape index (κ3) is 5.20. The first-order chi connectivity index (χ1) is 10.8. The fraction of sp³-hybridized carbons (Fsp3) is 0.235. The van der Waals surface area contributed by atoms with Gasteiger partial charge in [-0.05, 0) is 30.7 Å². The Bertz CT molecular complexity index is 559. The molecule has 1 amide bonds. The van der Waals surface area contributed by atoms with Crippen molar-refractivity contribution in [1.82, 2.24) is 10.7 Å². The third-order valence-corrected chi connectivity index (χ3v) is 3.36. The Morgan fingerprint density at radius 1 is 1.00 bits per heavy atom. The van der Waals surface area contributed by atoms with E-state index in [9.17, 15) is 4.79 Å². The maximum absolute atomic E-state index is 11.8. The first-order valence-corrected chi connectivity index (χ1v) is 7.36. The number of carbonyl (C=O) groups is 1. The Balaban J connectivity index is 1.81. The minimum absolute atomic E-state index is 0.240. The topological polar surface area (TPSA) is 79.2 Å². The van der Waals surface area contributed by atoms with Crippen LogP contribution in [0.2, 0.25) is 0 Å². The highest BCUT2D eigenvalue weighted by atomic mass is 16.2. The van der Waals surface area contributed by atoms with E-state index in [1.54, 1.807) is 0 Å². The third-order valence-electron chi connectivity index (χ3n) is 3.36. The normalized spacial score (nSPS) is 11.7. The summed E-state index contributed by atoms with van der Waals surface area (Å²) in [6.07, 6.45) is 0.920. The number of hydrogen-bond donors (Lipinski definition) is 4. The van der Waals surface area contributed by atoms with Crippen LogP contribution < -0.4 is 21.9 Å². The van der Waals surface area contributed by atoms with Crippen LogP contribution in [0.4, 0.5) is 5.69 Å². The second-order valence-electron chi connectivity index (χ2n) is 5.01. The van der Waals surface area contributed by atoms with Gasteiger partial charge in [0.2, 0.25) is 0 Å². The Morgan fingerprint density at radius 3 is 2.27 bits per heavy atom. The number of anilines is 1. The predicted molar refractivity (Wildman–Crippen MR) is 89.2 cm³/mol. The highest BCUT2D eigenvalue weighted by Gasteiger charge is 2.16. The highest BCUT2D eigenvalue weighted by Crippen LogP contribution is 2.07. The smallest absolute Gasteiger partial charge is 0.257 e. The van der Waals surface area contributed by atoms with Gasteiger partial charge in [-0.1, -0.05) is 48.5 Å². The molecule has 1 atom stereocenters. The number of hydrazine groups is 1. The Hall–Kier alpha value is -2.37. The van der Waals surface area contributed by atoms with Crippen LogP contribution in [0, 0.1) is 0 Å². The lowest BCUT2D eigenvalue weighted by Crippen LogP contribution is -2.48. The molecule has 2 aromatic carbocycles. The predicted octanol–water partition coefficient (Wildman–Crippen LogP) is 1.29. The van der Waals surface area contributed by atoms with Gasteiger partial charge in [0.15, 0.2) is 0 Å². The molecule has 0 heterocycles. The number of benzene rings is 2. The van der Waals surface area contributed by atoms with Gasteiger partial charge in [-0.15, -0.1) is 0 Å². The molecule has 0 aliphatic heterocycles. The van der Waals surface area contributed by atoms with E-state index >= 15 is 0 Å². The second-order valence-corrected chi connectivity index (χ2v) is 5.01. The molecule has 5 heteroatoms. The molecule has 0 radical (unpaired) electrons. The van der Waals surface area contributed by atoms with E-state index in [1.807, 2.05) is 48.5 Å². The van der Waals surface area contributed by atoms with E-state index in [0.29, 0.717) is 6.54 Å². The van der Waals surface area contributed by atoms with Gasteiger partial charge in [-0.25, -0.2) is 5.84 Å². The molecule has 0 saturated heterocycles. The van der Waals surface area contributed by atoms with Crippen molar-refractivity contribution in [3.8, 4) is 0 Å². The van der Waals surface area contributed by atoms with Crippen LogP contribution in [0.15, 0.2) is 60.7 Å². The van der Waals surface area contributed by atoms with Gasteiger partial charge in [-0.2, -0.15) is 0 Å². The van der Waals surface area contributed by atoms with Gasteiger partial charge >= 0.3 is 0 Å². The zero-order valence-corrected chi connectivity index (χ0v) is 12.5. The van der Waals surface area contributed by atoms with Crippen molar-refractivity contribution in [2.45, 2.75) is 12.5 Å². The molecule has 0 fully saturated rings. The summed E-state index contributed by atoms with van der Waals surface area (Å²) in [6.45, 7) is 1.31. The molecule has 0 spiro atoms. The van der Waals surface area contributed by atoms with E-state index in [0.717, 1.165) is 18.7 Å². The van der Waals surface area contributed by atoms with E-state index in [1.165, 1.54) is 5.56 Å². The summed E-state index contributed by atoms with van der Waals surface area (Å²) in [5.41, 5.74) is 4.36. The number of nitrogens with two attached hydrogens (primary N) is 1. The highest BCUT2D eigenvalue weighted by molar-refractivity contribution is 5.84. The van der Waals surface area contributed by atoms with Crippen molar-refractivity contribution >= 4 is 11.6 Å². The summed E-state index contributed by atoms with van der Waals surface area (Å²) in [5.74, 6) is 5.01. The number of para-hydroxylation sites is 1. The number of carbonyl (C=O) groups excluding carboxylic acids is 1. The quantitative estimate of drug-likeness (QED) is 0.256. The molecule has 0 aromatic heterocycles. The molecule has 2 aromatic rings. The molecule has 5 N–H and O–H groups in total. The van der Waals surface area contributed by atoms with Crippen molar-refractivity contribution in [3.05, 3.63) is 66.2 Å². The standard InChI is InChI=1S/C17H22N4O/c18-21-17(22)16(20-15-9-5-2-6-10-15)13-19-12-11-14-7-3-1-4-8-14/h1-10,16,19-20H,11-13,18H2,(H,21,22). The van der Waals surface area contributed by atoms with Crippen molar-refractivity contribution in [3.63, 3.8) is 0 Å². The lowest BCUT2D eigenvalue weighted by molar-refractivity contribution is -0.121. The average Bonchev–Trinajstić information content (AvgIpc) is 2.58. The molecular formula is C17H22N4O. The minimum atomic E-state index is -0.414. The van der Waals surface area contributed by atoms with Crippen LogP contribution in [-0.4, -0.2) is 25.0 Å². The summed E-state index contributed by atoms with van der Waals surface area (Å²) in [5, 5.41) is 6.46. The molecule has 0 bridgehead atoms. The first-order valence-electron chi connectivity index (χ1n) is 7.36. The van der Waals surface area contributed by atoms with Crippen LogP contribution >= 0.6 is 0 Å². The molecule has 22 heavy (non-hydrogen) atoms. The second kappa shape index (κ2) is 8.81. The van der Waals surface area contributed by atoms with Crippen molar-refractivity contribution < 1.29 is 4.79 Å².